The number of rotatable bonds is 4. The molecule has 0 rings (SSSR count). The molecule has 0 amide bonds. The van der Waals surface area contributed by atoms with Crippen LogP contribution in [0.25, 0.3) is 0 Å². The highest BCUT2D eigenvalue weighted by Gasteiger charge is 1.57. The van der Waals surface area contributed by atoms with Crippen LogP contribution in [0.15, 0.2) is 50.1 Å². The van der Waals surface area contributed by atoms with Crippen LogP contribution in [-0.4, -0.2) is 0 Å². The first kappa shape index (κ1) is 12.6. The lowest BCUT2D eigenvalue weighted by atomic mass is 10.4. The van der Waals surface area contributed by atoms with Crippen molar-refractivity contribution in [2.75, 3.05) is 0 Å². The molecule has 0 N–H and O–H groups in total. The Labute approximate surface area is 70.6 Å². The standard InChI is InChI=1S/C6H10.C5H8/c1-3-5-6-4-2;1-3-5-4-2/h3-4,6H,1,5H2,2H3;3-4H,1-2,5H2/b6-4+;. The van der Waals surface area contributed by atoms with Crippen molar-refractivity contribution in [1.82, 2.24) is 0 Å². The van der Waals surface area contributed by atoms with E-state index < -0.39 is 0 Å². The molecule has 62 valence electrons. The average Bonchev–Trinajstić information content (AvgIpc) is 2.04. The summed E-state index contributed by atoms with van der Waals surface area (Å²) in [7, 11) is 0. The maximum Gasteiger partial charge on any atom is -0.0172 e. The van der Waals surface area contributed by atoms with Gasteiger partial charge in [0.1, 0.15) is 0 Å². The Hall–Kier alpha value is -1.04. The third kappa shape index (κ3) is 27.7. The third-order valence-corrected chi connectivity index (χ3v) is 0.872. The van der Waals surface area contributed by atoms with Gasteiger partial charge in [0.25, 0.3) is 0 Å². The summed E-state index contributed by atoms with van der Waals surface area (Å²) in [4.78, 5) is 0. The molecule has 0 atom stereocenters. The minimum atomic E-state index is 0.917. The van der Waals surface area contributed by atoms with Crippen LogP contribution in [0.2, 0.25) is 0 Å². The van der Waals surface area contributed by atoms with Gasteiger partial charge in [-0.25, -0.2) is 0 Å². The first-order valence-electron chi connectivity index (χ1n) is 3.77. The molecule has 0 saturated heterocycles. The lowest BCUT2D eigenvalue weighted by Crippen LogP contribution is -1.48. The maximum atomic E-state index is 3.55. The summed E-state index contributed by atoms with van der Waals surface area (Å²) in [5, 5.41) is 0. The summed E-state index contributed by atoms with van der Waals surface area (Å²) < 4.78 is 0. The van der Waals surface area contributed by atoms with E-state index in [9.17, 15) is 0 Å². The van der Waals surface area contributed by atoms with Gasteiger partial charge in [0, 0.05) is 0 Å². The molecule has 0 spiro atoms. The van der Waals surface area contributed by atoms with E-state index in [0.29, 0.717) is 0 Å². The highest BCUT2D eigenvalue weighted by molar-refractivity contribution is 4.85. The molecule has 0 aromatic carbocycles. The van der Waals surface area contributed by atoms with Crippen molar-refractivity contribution in [2.24, 2.45) is 0 Å². The van der Waals surface area contributed by atoms with Gasteiger partial charge in [0.2, 0.25) is 0 Å². The smallest absolute Gasteiger partial charge is 0.0172 e. The topological polar surface area (TPSA) is 0 Å². The van der Waals surface area contributed by atoms with Crippen molar-refractivity contribution in [1.29, 1.82) is 0 Å². The van der Waals surface area contributed by atoms with E-state index in [1.54, 1.807) is 0 Å². The SMILES string of the molecule is C=CC/C=C/C.C=CCC=C. The first-order valence-corrected chi connectivity index (χ1v) is 3.77. The molecular weight excluding hydrogens is 132 g/mol. The third-order valence-electron chi connectivity index (χ3n) is 0.872. The monoisotopic (exact) mass is 150 g/mol. The average molecular weight is 150 g/mol. The normalized spacial score (nSPS) is 8.09. The molecule has 0 saturated carbocycles. The lowest BCUT2D eigenvalue weighted by molar-refractivity contribution is 1.39. The minimum absolute atomic E-state index is 0.917. The van der Waals surface area contributed by atoms with Crippen LogP contribution in [0.5, 0.6) is 0 Å². The zero-order valence-electron chi connectivity index (χ0n) is 7.42. The van der Waals surface area contributed by atoms with Gasteiger partial charge in [-0.2, -0.15) is 0 Å². The highest BCUT2D eigenvalue weighted by Crippen LogP contribution is 1.79. The van der Waals surface area contributed by atoms with Crippen LogP contribution in [0.1, 0.15) is 19.8 Å². The molecule has 0 radical (unpaired) electrons. The molecule has 0 nitrogen and oxygen atoms in total. The largest absolute Gasteiger partial charge is 0.103 e. The van der Waals surface area contributed by atoms with Crippen LogP contribution in [0, 0.1) is 0 Å². The Kier molecular flexibility index (Phi) is 18.3. The zero-order valence-corrected chi connectivity index (χ0v) is 7.42. The Morgan fingerprint density at radius 2 is 1.36 bits per heavy atom. The molecule has 0 fully saturated rings. The van der Waals surface area contributed by atoms with Crippen molar-refractivity contribution in [3.05, 3.63) is 50.1 Å². The molecule has 0 heteroatoms. The van der Waals surface area contributed by atoms with Gasteiger partial charge >= 0.3 is 0 Å². The van der Waals surface area contributed by atoms with Crippen LogP contribution < -0.4 is 0 Å². The molecule has 11 heavy (non-hydrogen) atoms. The van der Waals surface area contributed by atoms with Gasteiger partial charge in [-0.1, -0.05) is 30.4 Å². The van der Waals surface area contributed by atoms with E-state index in [4.69, 9.17) is 0 Å². The molecule has 0 aliphatic carbocycles. The molecule has 0 unspecified atom stereocenters. The summed E-state index contributed by atoms with van der Waals surface area (Å²) in [6.45, 7) is 12.5. The van der Waals surface area contributed by atoms with Crippen molar-refractivity contribution in [3.63, 3.8) is 0 Å². The summed E-state index contributed by atoms with van der Waals surface area (Å²) in [6, 6.07) is 0. The molecule has 0 aliphatic heterocycles. The van der Waals surface area contributed by atoms with Crippen LogP contribution in [-0.2, 0) is 0 Å². The Morgan fingerprint density at radius 1 is 0.909 bits per heavy atom. The van der Waals surface area contributed by atoms with E-state index in [1.807, 2.05) is 31.2 Å². The van der Waals surface area contributed by atoms with E-state index in [-0.39, 0.29) is 0 Å². The van der Waals surface area contributed by atoms with Gasteiger partial charge < -0.3 is 0 Å². The lowest BCUT2D eigenvalue weighted by Gasteiger charge is -1.69. The van der Waals surface area contributed by atoms with Crippen molar-refractivity contribution in [3.8, 4) is 0 Å². The molecule has 0 heterocycles. The zero-order chi connectivity index (χ0) is 8.95. The predicted octanol–water partition coefficient (Wildman–Crippen LogP) is 3.89. The van der Waals surface area contributed by atoms with E-state index >= 15 is 0 Å². The minimum Gasteiger partial charge on any atom is -0.103 e. The van der Waals surface area contributed by atoms with Crippen LogP contribution in [0.4, 0.5) is 0 Å². The second kappa shape index (κ2) is 16.0. The van der Waals surface area contributed by atoms with Crippen molar-refractivity contribution in [2.45, 2.75) is 19.8 Å². The van der Waals surface area contributed by atoms with E-state index in [1.165, 1.54) is 0 Å². The summed E-state index contributed by atoms with van der Waals surface area (Å²) in [5.41, 5.74) is 0. The summed E-state index contributed by atoms with van der Waals surface area (Å²) >= 11 is 0. The van der Waals surface area contributed by atoms with Gasteiger partial charge in [0.05, 0.1) is 0 Å². The predicted molar refractivity (Wildman–Crippen MR) is 54.6 cm³/mol. The Bertz CT molecular complexity index is 112. The molecular formula is C11H18. The second-order valence-electron chi connectivity index (χ2n) is 1.91. The Balaban J connectivity index is 0. The molecule has 0 bridgehead atoms. The first-order chi connectivity index (χ1) is 5.33. The van der Waals surface area contributed by atoms with Crippen LogP contribution in [0.3, 0.4) is 0 Å². The molecule has 0 aromatic heterocycles. The molecule has 0 aromatic rings. The number of hydrogen-bond donors (Lipinski definition) is 0. The Morgan fingerprint density at radius 3 is 1.45 bits per heavy atom. The quantitative estimate of drug-likeness (QED) is 0.533. The van der Waals surface area contributed by atoms with Crippen molar-refractivity contribution < 1.29 is 0 Å². The summed E-state index contributed by atoms with van der Waals surface area (Å²) in [5.74, 6) is 0. The van der Waals surface area contributed by atoms with E-state index in [2.05, 4.69) is 25.8 Å². The fraction of sp³-hybridized carbons (Fsp3) is 0.273. The fourth-order valence-corrected chi connectivity index (χ4v) is 0.350. The highest BCUT2D eigenvalue weighted by atomic mass is 13.6. The van der Waals surface area contributed by atoms with Gasteiger partial charge in [0.15, 0.2) is 0 Å². The maximum absolute atomic E-state index is 3.55. The van der Waals surface area contributed by atoms with Gasteiger partial charge in [-0.15, -0.1) is 19.7 Å². The van der Waals surface area contributed by atoms with E-state index in [0.717, 1.165) is 12.8 Å². The fourth-order valence-electron chi connectivity index (χ4n) is 0.350. The number of hydrogen-bond acceptors (Lipinski definition) is 0. The molecule has 0 aliphatic rings. The van der Waals surface area contributed by atoms with Crippen molar-refractivity contribution >= 4 is 0 Å². The number of allylic oxidation sites excluding steroid dienone is 5. The van der Waals surface area contributed by atoms with Gasteiger partial charge in [-0.3, -0.25) is 0 Å². The summed E-state index contributed by atoms with van der Waals surface area (Å²) in [6.07, 6.45) is 11.5. The van der Waals surface area contributed by atoms with Crippen LogP contribution >= 0.6 is 0 Å². The van der Waals surface area contributed by atoms with Gasteiger partial charge in [-0.05, 0) is 19.8 Å². The second-order valence-corrected chi connectivity index (χ2v) is 1.91.